The number of rotatable bonds is 4. The quantitative estimate of drug-likeness (QED) is 0.585. The molecule has 1 aliphatic rings. The molecule has 4 rings (SSSR count). The van der Waals surface area contributed by atoms with E-state index in [-0.39, 0.29) is 0 Å². The van der Waals surface area contributed by atoms with E-state index in [2.05, 4.69) is 102 Å². The van der Waals surface area contributed by atoms with E-state index in [9.17, 15) is 0 Å². The first-order valence-electron chi connectivity index (χ1n) is 8.27. The molecular formula is C20H23N3Pt. The number of benzene rings is 2. The van der Waals surface area contributed by atoms with Crippen LogP contribution in [0.4, 0.5) is 0 Å². The maximum absolute atomic E-state index is 5.22. The normalized spacial score (nSPS) is 13.3. The van der Waals surface area contributed by atoms with Gasteiger partial charge in [-0.3, -0.25) is 0 Å². The van der Waals surface area contributed by atoms with Crippen molar-refractivity contribution in [2.24, 2.45) is 5.73 Å². The average Bonchev–Trinajstić information content (AvgIpc) is 3.34. The Morgan fingerprint density at radius 2 is 1.17 bits per heavy atom. The number of imidazole rings is 1. The molecule has 1 aliphatic carbocycles. The fourth-order valence-electron chi connectivity index (χ4n) is 2.32. The van der Waals surface area contributed by atoms with Gasteiger partial charge in [0, 0.05) is 6.04 Å². The van der Waals surface area contributed by atoms with Gasteiger partial charge in [-0.1, -0.05) is 0 Å². The van der Waals surface area contributed by atoms with Crippen LogP contribution in [-0.4, -0.2) is 15.2 Å². The van der Waals surface area contributed by atoms with E-state index in [4.69, 9.17) is 5.73 Å². The van der Waals surface area contributed by atoms with Crippen LogP contribution in [0.2, 0.25) is 0 Å². The van der Waals surface area contributed by atoms with Crippen LogP contribution < -0.4 is 5.73 Å². The monoisotopic (exact) mass is 500 g/mol. The molecule has 0 atom stereocenters. The van der Waals surface area contributed by atoms with Crippen molar-refractivity contribution in [2.45, 2.75) is 32.0 Å². The van der Waals surface area contributed by atoms with E-state index in [1.807, 2.05) is 0 Å². The topological polar surface area (TPSA) is 35.9 Å². The summed E-state index contributed by atoms with van der Waals surface area (Å²) in [4.78, 5) is 0. The zero-order valence-corrected chi connectivity index (χ0v) is 15.9. The van der Waals surface area contributed by atoms with Gasteiger partial charge in [-0.05, 0) is 12.8 Å². The summed E-state index contributed by atoms with van der Waals surface area (Å²) in [5.74, 6) is 0. The Morgan fingerprint density at radius 3 is 1.50 bits per heavy atom. The van der Waals surface area contributed by atoms with Crippen LogP contribution in [0.5, 0.6) is 0 Å². The van der Waals surface area contributed by atoms with Crippen LogP contribution in [0, 0.1) is 3.80 Å². The molecular weight excluding hydrogens is 477 g/mol. The summed E-state index contributed by atoms with van der Waals surface area (Å²) < 4.78 is 5.80. The van der Waals surface area contributed by atoms with Crippen molar-refractivity contribution in [2.75, 3.05) is 0 Å². The van der Waals surface area contributed by atoms with Crippen molar-refractivity contribution < 1.29 is 19.4 Å². The Kier molecular flexibility index (Phi) is 6.00. The molecule has 0 saturated heterocycles. The molecule has 128 valence electrons. The van der Waals surface area contributed by atoms with Crippen molar-refractivity contribution >= 4 is 0 Å². The molecule has 1 fully saturated rings. The van der Waals surface area contributed by atoms with Crippen LogP contribution in [0.3, 0.4) is 0 Å². The summed E-state index contributed by atoms with van der Waals surface area (Å²) in [5.41, 5.74) is 7.88. The molecule has 0 aliphatic heterocycles. The first-order chi connectivity index (χ1) is 11.7. The third kappa shape index (κ3) is 5.15. The summed E-state index contributed by atoms with van der Waals surface area (Å²) >= 11 is 2.40. The number of aromatic nitrogens is 2. The fraction of sp³-hybridized carbons (Fsp3) is 0.250. The number of nitrogens with two attached hydrogens (primary N) is 1. The Labute approximate surface area is 154 Å². The van der Waals surface area contributed by atoms with Gasteiger partial charge in [0.05, 0.1) is 0 Å². The van der Waals surface area contributed by atoms with Gasteiger partial charge in [0.1, 0.15) is 0 Å². The molecule has 1 heterocycles. The third-order valence-corrected chi connectivity index (χ3v) is 5.18. The van der Waals surface area contributed by atoms with Crippen molar-refractivity contribution in [3.63, 3.8) is 0 Å². The average molecular weight is 501 g/mol. The van der Waals surface area contributed by atoms with E-state index in [0.717, 1.165) is 13.1 Å². The van der Waals surface area contributed by atoms with Crippen LogP contribution in [0.1, 0.15) is 24.0 Å². The summed E-state index contributed by atoms with van der Waals surface area (Å²) in [6.45, 7) is 1.84. The predicted molar refractivity (Wildman–Crippen MR) is 94.0 cm³/mol. The minimum absolute atomic E-state index is 0.583. The number of hydrogen-bond donors (Lipinski definition) is 1. The van der Waals surface area contributed by atoms with E-state index in [0.29, 0.717) is 6.04 Å². The second-order valence-electron chi connectivity index (χ2n) is 6.10. The second-order valence-corrected chi connectivity index (χ2v) is 7.12. The van der Waals surface area contributed by atoms with Crippen LogP contribution >= 0.6 is 0 Å². The molecule has 3 aromatic rings. The Hall–Kier alpha value is -1.70. The first kappa shape index (κ1) is 17.1. The minimum atomic E-state index is 0.583. The first-order valence-corrected chi connectivity index (χ1v) is 9.40. The SMILES string of the molecule is NC1CC1.[Pt]=[c]1n(Cc2ccccc2)ccn1Cc1ccccc1. The third-order valence-electron chi connectivity index (χ3n) is 3.88. The van der Waals surface area contributed by atoms with E-state index >= 15 is 0 Å². The van der Waals surface area contributed by atoms with E-state index in [1.54, 1.807) is 0 Å². The molecule has 0 radical (unpaired) electrons. The number of hydrogen-bond acceptors (Lipinski definition) is 1. The molecule has 4 heteroatoms. The Balaban J connectivity index is 0.000000370. The van der Waals surface area contributed by atoms with E-state index < -0.39 is 0 Å². The Morgan fingerprint density at radius 1 is 0.792 bits per heavy atom. The zero-order chi connectivity index (χ0) is 16.8. The molecule has 0 bridgehead atoms. The molecule has 24 heavy (non-hydrogen) atoms. The van der Waals surface area contributed by atoms with Crippen molar-refractivity contribution in [1.82, 2.24) is 9.13 Å². The molecule has 2 aromatic carbocycles. The van der Waals surface area contributed by atoms with Crippen molar-refractivity contribution in [1.29, 1.82) is 0 Å². The van der Waals surface area contributed by atoms with Crippen LogP contribution in [0.15, 0.2) is 73.1 Å². The Bertz CT molecular complexity index is 740. The summed E-state index contributed by atoms with van der Waals surface area (Å²) in [7, 11) is 0. The van der Waals surface area contributed by atoms with Crippen LogP contribution in [-0.2, 0) is 32.4 Å². The van der Waals surface area contributed by atoms with Gasteiger partial charge in [-0.2, -0.15) is 0 Å². The molecule has 3 nitrogen and oxygen atoms in total. The van der Waals surface area contributed by atoms with E-state index in [1.165, 1.54) is 27.8 Å². The van der Waals surface area contributed by atoms with Gasteiger partial charge in [0.25, 0.3) is 0 Å². The second kappa shape index (κ2) is 8.41. The molecule has 1 aromatic heterocycles. The predicted octanol–water partition coefficient (Wildman–Crippen LogP) is 3.57. The summed E-state index contributed by atoms with van der Waals surface area (Å²) in [6.07, 6.45) is 6.83. The fourth-order valence-corrected chi connectivity index (χ4v) is 3.02. The summed E-state index contributed by atoms with van der Waals surface area (Å²) in [6, 6.07) is 21.7. The van der Waals surface area contributed by atoms with Crippen molar-refractivity contribution in [3.8, 4) is 0 Å². The van der Waals surface area contributed by atoms with Gasteiger partial charge in [0.15, 0.2) is 0 Å². The van der Waals surface area contributed by atoms with Gasteiger partial charge < -0.3 is 5.73 Å². The van der Waals surface area contributed by atoms with Crippen molar-refractivity contribution in [3.05, 3.63) is 88.0 Å². The molecule has 0 amide bonds. The molecule has 1 saturated carbocycles. The zero-order valence-electron chi connectivity index (χ0n) is 13.6. The maximum atomic E-state index is 5.22. The van der Waals surface area contributed by atoms with Gasteiger partial charge in [0.2, 0.25) is 0 Å². The molecule has 2 N–H and O–H groups in total. The van der Waals surface area contributed by atoms with Gasteiger partial charge in [-0.25, -0.2) is 0 Å². The summed E-state index contributed by atoms with van der Waals surface area (Å²) in [5, 5.41) is 0. The van der Waals surface area contributed by atoms with Gasteiger partial charge in [-0.15, -0.1) is 0 Å². The molecule has 0 spiro atoms. The standard InChI is InChI=1S/C17H16N2.C3H7N.Pt/c1-3-7-16(8-4-1)13-18-11-12-19(15-18)14-17-9-5-2-6-10-17;4-3-1-2-3;/h1-12H,13-14H2;3H,1-2,4H2;. The molecule has 0 unspecified atom stereocenters. The van der Waals surface area contributed by atoms with Gasteiger partial charge >= 0.3 is 130 Å². The number of nitrogens with zero attached hydrogens (tertiary/aromatic N) is 2. The van der Waals surface area contributed by atoms with Crippen LogP contribution in [0.25, 0.3) is 0 Å².